The van der Waals surface area contributed by atoms with E-state index in [1.54, 1.807) is 0 Å². The van der Waals surface area contributed by atoms with E-state index in [0.29, 0.717) is 5.22 Å². The van der Waals surface area contributed by atoms with E-state index < -0.39 is 0 Å². The van der Waals surface area contributed by atoms with Gasteiger partial charge in [0.2, 0.25) is 5.91 Å². The van der Waals surface area contributed by atoms with E-state index in [0.717, 1.165) is 29.2 Å². The molecule has 5 heteroatoms. The number of nitrogens with one attached hydrogen (secondary N) is 1. The molecule has 0 aromatic carbocycles. The van der Waals surface area contributed by atoms with E-state index >= 15 is 0 Å². The number of amides is 1. The third-order valence-electron chi connectivity index (χ3n) is 6.08. The van der Waals surface area contributed by atoms with Crippen molar-refractivity contribution in [3.05, 3.63) is 11.5 Å². The summed E-state index contributed by atoms with van der Waals surface area (Å²) in [4.78, 5) is 17.1. The quantitative estimate of drug-likeness (QED) is 0.850. The van der Waals surface area contributed by atoms with Gasteiger partial charge in [-0.3, -0.25) is 4.79 Å². The van der Waals surface area contributed by atoms with Crippen LogP contribution < -0.4 is 5.32 Å². The zero-order valence-electron chi connectivity index (χ0n) is 14.2. The van der Waals surface area contributed by atoms with Gasteiger partial charge in [-0.1, -0.05) is 11.8 Å². The second-order valence-electron chi connectivity index (χ2n) is 8.07. The summed E-state index contributed by atoms with van der Waals surface area (Å²) in [6, 6.07) is 0. The van der Waals surface area contributed by atoms with E-state index in [9.17, 15) is 4.79 Å². The van der Waals surface area contributed by atoms with E-state index in [1.165, 1.54) is 50.3 Å². The largest absolute Gasteiger partial charge is 0.437 e. The Bertz CT molecular complexity index is 570. The lowest BCUT2D eigenvalue weighted by Crippen LogP contribution is -2.60. The van der Waals surface area contributed by atoms with Crippen LogP contribution in [0.4, 0.5) is 0 Å². The van der Waals surface area contributed by atoms with Gasteiger partial charge < -0.3 is 9.73 Å². The summed E-state index contributed by atoms with van der Waals surface area (Å²) in [6.07, 6.45) is 7.77. The lowest BCUT2D eigenvalue weighted by molar-refractivity contribution is -0.126. The molecule has 1 aromatic rings. The summed E-state index contributed by atoms with van der Waals surface area (Å²) in [5, 5.41) is 3.88. The Morgan fingerprint density at radius 2 is 1.78 bits per heavy atom. The molecule has 4 saturated carbocycles. The molecule has 0 saturated heterocycles. The molecular weight excluding hydrogens is 308 g/mol. The van der Waals surface area contributed by atoms with Gasteiger partial charge in [0.15, 0.2) is 0 Å². The number of nitrogens with zero attached hydrogens (tertiary/aromatic N) is 1. The van der Waals surface area contributed by atoms with Crippen LogP contribution in [0.2, 0.25) is 0 Å². The van der Waals surface area contributed by atoms with Gasteiger partial charge in [-0.05, 0) is 77.0 Å². The summed E-state index contributed by atoms with van der Waals surface area (Å²) >= 11 is 1.43. The normalized spacial score (nSPS) is 36.2. The molecule has 4 aliphatic rings. The zero-order valence-corrected chi connectivity index (χ0v) is 15.0. The van der Waals surface area contributed by atoms with Gasteiger partial charge in [-0.25, -0.2) is 4.98 Å². The number of rotatable bonds is 4. The minimum Gasteiger partial charge on any atom is -0.437 e. The smallest absolute Gasteiger partial charge is 0.256 e. The number of hydrogen-bond acceptors (Lipinski definition) is 4. The Hall–Kier alpha value is -0.970. The molecule has 1 aromatic heterocycles. The Morgan fingerprint density at radius 1 is 1.22 bits per heavy atom. The molecule has 0 radical (unpaired) electrons. The first kappa shape index (κ1) is 15.6. The first-order chi connectivity index (χ1) is 10.9. The summed E-state index contributed by atoms with van der Waals surface area (Å²) in [5.41, 5.74) is 0.990. The Morgan fingerprint density at radius 3 is 2.26 bits per heavy atom. The van der Waals surface area contributed by atoms with Crippen molar-refractivity contribution in [1.29, 1.82) is 0 Å². The molecule has 4 aliphatic carbocycles. The minimum absolute atomic E-state index is 0.0864. The average Bonchev–Trinajstić information content (AvgIpc) is 2.75. The van der Waals surface area contributed by atoms with Gasteiger partial charge >= 0.3 is 0 Å². The fraction of sp³-hybridized carbons (Fsp3) is 0.778. The SMILES string of the molecule is Cc1nc(S[C@H](C)C(=O)NC23CC4CC(CC(C4)C2)C3)oc1C. The van der Waals surface area contributed by atoms with Crippen LogP contribution in [0.5, 0.6) is 0 Å². The molecule has 1 heterocycles. The molecule has 4 fully saturated rings. The maximum Gasteiger partial charge on any atom is 0.256 e. The van der Waals surface area contributed by atoms with Crippen molar-refractivity contribution >= 4 is 17.7 Å². The minimum atomic E-state index is -0.166. The van der Waals surface area contributed by atoms with Crippen molar-refractivity contribution < 1.29 is 9.21 Å². The highest BCUT2D eigenvalue weighted by Crippen LogP contribution is 2.55. The summed E-state index contributed by atoms with van der Waals surface area (Å²) in [6.45, 7) is 5.80. The third-order valence-corrected chi connectivity index (χ3v) is 7.03. The highest BCUT2D eigenvalue weighted by atomic mass is 32.2. The Kier molecular flexibility index (Phi) is 3.74. The first-order valence-electron chi connectivity index (χ1n) is 8.85. The Labute approximate surface area is 142 Å². The lowest BCUT2D eigenvalue weighted by Gasteiger charge is -2.57. The zero-order chi connectivity index (χ0) is 16.2. The molecule has 0 aliphatic heterocycles. The van der Waals surface area contributed by atoms with Crippen LogP contribution in [0.25, 0.3) is 0 Å². The second kappa shape index (κ2) is 5.54. The van der Waals surface area contributed by atoms with E-state index in [1.807, 2.05) is 20.8 Å². The van der Waals surface area contributed by atoms with E-state index in [-0.39, 0.29) is 16.7 Å². The van der Waals surface area contributed by atoms with Crippen molar-refractivity contribution in [3.8, 4) is 0 Å². The van der Waals surface area contributed by atoms with Gasteiger partial charge in [0.05, 0.1) is 10.9 Å². The van der Waals surface area contributed by atoms with Crippen molar-refractivity contribution in [2.24, 2.45) is 17.8 Å². The molecule has 5 rings (SSSR count). The van der Waals surface area contributed by atoms with Crippen LogP contribution in [0, 0.1) is 31.6 Å². The fourth-order valence-electron chi connectivity index (χ4n) is 5.33. The Balaban J connectivity index is 1.41. The summed E-state index contributed by atoms with van der Waals surface area (Å²) < 4.78 is 5.60. The maximum atomic E-state index is 12.7. The van der Waals surface area contributed by atoms with Crippen molar-refractivity contribution in [1.82, 2.24) is 10.3 Å². The molecule has 1 amide bonds. The van der Waals surface area contributed by atoms with Crippen LogP contribution >= 0.6 is 11.8 Å². The second-order valence-corrected chi connectivity index (χ2v) is 9.36. The van der Waals surface area contributed by atoms with Crippen LogP contribution in [0.1, 0.15) is 56.9 Å². The number of aryl methyl sites for hydroxylation is 2. The monoisotopic (exact) mass is 334 g/mol. The number of aromatic nitrogens is 1. The van der Waals surface area contributed by atoms with Crippen LogP contribution in [0.15, 0.2) is 9.64 Å². The van der Waals surface area contributed by atoms with E-state index in [4.69, 9.17) is 4.42 Å². The molecule has 0 unspecified atom stereocenters. The predicted molar refractivity (Wildman–Crippen MR) is 90.3 cm³/mol. The average molecular weight is 334 g/mol. The first-order valence-corrected chi connectivity index (χ1v) is 9.73. The molecule has 1 N–H and O–H groups in total. The standard InChI is InChI=1S/C18H26N2O2S/c1-10-11(2)22-17(19-10)23-12(3)16(21)20-18-7-13-4-14(8-18)6-15(5-13)9-18/h12-15H,4-9H2,1-3H3,(H,20,21)/t12-,13?,14?,15?,18?/m1/s1. The molecule has 4 nitrogen and oxygen atoms in total. The number of oxazole rings is 1. The van der Waals surface area contributed by atoms with Crippen LogP contribution in [-0.4, -0.2) is 21.7 Å². The lowest BCUT2D eigenvalue weighted by atomic mass is 9.53. The van der Waals surface area contributed by atoms with E-state index in [2.05, 4.69) is 10.3 Å². The topological polar surface area (TPSA) is 55.1 Å². The molecule has 0 spiro atoms. The number of carbonyl (C=O) groups is 1. The molecular formula is C18H26N2O2S. The predicted octanol–water partition coefficient (Wildman–Crippen LogP) is 3.86. The number of thioether (sulfide) groups is 1. The van der Waals surface area contributed by atoms with Crippen LogP contribution in [0.3, 0.4) is 0 Å². The molecule has 126 valence electrons. The molecule has 1 atom stereocenters. The number of hydrogen-bond donors (Lipinski definition) is 1. The van der Waals surface area contributed by atoms with Crippen LogP contribution in [-0.2, 0) is 4.79 Å². The van der Waals surface area contributed by atoms with Crippen molar-refractivity contribution in [2.45, 2.75) is 75.3 Å². The summed E-state index contributed by atoms with van der Waals surface area (Å²) in [7, 11) is 0. The highest BCUT2D eigenvalue weighted by Gasteiger charge is 2.51. The van der Waals surface area contributed by atoms with Crippen molar-refractivity contribution in [2.75, 3.05) is 0 Å². The molecule has 4 bridgehead atoms. The highest BCUT2D eigenvalue weighted by molar-refractivity contribution is 8.00. The van der Waals surface area contributed by atoms with Gasteiger partial charge in [0.25, 0.3) is 5.22 Å². The fourth-order valence-corrected chi connectivity index (χ4v) is 6.16. The third kappa shape index (κ3) is 2.92. The van der Waals surface area contributed by atoms with Gasteiger partial charge in [0, 0.05) is 5.54 Å². The number of carbonyl (C=O) groups excluding carboxylic acids is 1. The van der Waals surface area contributed by atoms with Crippen molar-refractivity contribution in [3.63, 3.8) is 0 Å². The molecule has 23 heavy (non-hydrogen) atoms. The van der Waals surface area contributed by atoms with Gasteiger partial charge in [0.1, 0.15) is 5.76 Å². The van der Waals surface area contributed by atoms with Gasteiger partial charge in [-0.2, -0.15) is 0 Å². The maximum absolute atomic E-state index is 12.7. The summed E-state index contributed by atoms with van der Waals surface area (Å²) in [5.74, 6) is 3.52. The van der Waals surface area contributed by atoms with Gasteiger partial charge in [-0.15, -0.1) is 0 Å².